The lowest BCUT2D eigenvalue weighted by atomic mass is 9.98. The maximum absolute atomic E-state index is 14.8. The second-order valence-electron chi connectivity index (χ2n) is 20.2. The number of aliphatic hydroxyl groups excluding tert-OH is 1. The molecule has 0 radical (unpaired) electrons. The highest BCUT2D eigenvalue weighted by Crippen LogP contribution is 2.40. The van der Waals surface area contributed by atoms with E-state index in [0.717, 1.165) is 45.3 Å². The molecule has 10 rings (SSSR count). The maximum atomic E-state index is 14.8. The number of carbonyl (C=O) groups excluding carboxylic acids is 7. The van der Waals surface area contributed by atoms with Crippen molar-refractivity contribution in [1.29, 1.82) is 0 Å². The number of aromatic hydroxyl groups is 1. The number of nitrogens with zero attached hydrogens (tertiary/aromatic N) is 7. The van der Waals surface area contributed by atoms with Crippen LogP contribution in [0.4, 0.5) is 0 Å². The van der Waals surface area contributed by atoms with Crippen molar-refractivity contribution >= 4 is 115 Å². The van der Waals surface area contributed by atoms with Crippen molar-refractivity contribution in [2.45, 2.75) is 70.3 Å². The maximum Gasteiger partial charge on any atom is 0.351 e. The van der Waals surface area contributed by atoms with Crippen LogP contribution in [0.2, 0.25) is 0 Å². The molecule has 90 heavy (non-hydrogen) atoms. The van der Waals surface area contributed by atoms with Gasteiger partial charge in [-0.25, -0.2) is 39.7 Å². The van der Waals surface area contributed by atoms with E-state index >= 15 is 0 Å². The van der Waals surface area contributed by atoms with Crippen LogP contribution >= 0.6 is 68.0 Å². The number of thiazole rings is 6. The molecule has 8 heterocycles. The minimum Gasteiger partial charge on any atom is -0.508 e. The summed E-state index contributed by atoms with van der Waals surface area (Å²) in [5.41, 5.74) is 7.03. The average Bonchev–Trinajstić information content (AvgIpc) is 1.72. The number of hydrogen-bond acceptors (Lipinski definition) is 23. The van der Waals surface area contributed by atoms with E-state index < -0.39 is 95.4 Å². The summed E-state index contributed by atoms with van der Waals surface area (Å²) in [4.78, 5) is 141. The molecule has 11 N–H and O–H groups in total. The molecular weight excluding hydrogens is 1270 g/mol. The molecule has 2 aromatic carbocycles. The van der Waals surface area contributed by atoms with Gasteiger partial charge in [-0.2, -0.15) is 0 Å². The molecule has 10 bridgehead atoms. The van der Waals surface area contributed by atoms with Crippen molar-refractivity contribution < 1.29 is 53.7 Å². The van der Waals surface area contributed by atoms with Gasteiger partial charge in [0.15, 0.2) is 0 Å². The first-order valence-electron chi connectivity index (χ1n) is 27.1. The molecule has 9 aromatic rings. The predicted molar refractivity (Wildman–Crippen MR) is 338 cm³/mol. The Labute approximate surface area is 535 Å². The Kier molecular flexibility index (Phi) is 19.3. The van der Waals surface area contributed by atoms with Gasteiger partial charge in [-0.1, -0.05) is 75.9 Å². The first kappa shape index (κ1) is 63.4. The van der Waals surface area contributed by atoms with Crippen LogP contribution in [0.1, 0.15) is 124 Å². The number of nitrogens with two attached hydrogens (primary N) is 1. The molecule has 7 amide bonds. The van der Waals surface area contributed by atoms with E-state index in [-0.39, 0.29) is 67.3 Å². The zero-order chi connectivity index (χ0) is 64.1. The van der Waals surface area contributed by atoms with Gasteiger partial charge in [-0.15, -0.1) is 68.0 Å². The van der Waals surface area contributed by atoms with E-state index in [1.54, 1.807) is 72.3 Å². The Balaban J connectivity index is 1.05. The molecule has 0 aliphatic carbocycles. The zero-order valence-corrected chi connectivity index (χ0v) is 52.4. The molecule has 0 fully saturated rings. The van der Waals surface area contributed by atoms with Gasteiger partial charge in [0.1, 0.15) is 99.5 Å². The summed E-state index contributed by atoms with van der Waals surface area (Å²) in [5.74, 6) is -7.09. The number of aromatic nitrogens is 7. The van der Waals surface area contributed by atoms with Crippen molar-refractivity contribution in [2.24, 2.45) is 11.7 Å². The normalized spacial score (nSPS) is 16.9. The summed E-state index contributed by atoms with van der Waals surface area (Å²) < 4.78 is 0. The van der Waals surface area contributed by atoms with E-state index in [0.29, 0.717) is 54.4 Å². The Morgan fingerprint density at radius 2 is 1.26 bits per heavy atom. The number of aryl methyl sites for hydroxylation is 1. The summed E-state index contributed by atoms with van der Waals surface area (Å²) in [7, 11) is 0. The molecule has 0 saturated carbocycles. The smallest absolute Gasteiger partial charge is 0.351 e. The molecule has 1 aliphatic heterocycles. The van der Waals surface area contributed by atoms with E-state index in [1.807, 2.05) is 19.2 Å². The Bertz CT molecular complexity index is 4290. The number of benzene rings is 2. The van der Waals surface area contributed by atoms with E-state index in [9.17, 15) is 48.6 Å². The van der Waals surface area contributed by atoms with Crippen molar-refractivity contribution in [1.82, 2.24) is 66.8 Å². The fraction of sp³-hybridized carbons (Fsp3) is 0.203. The Morgan fingerprint density at radius 3 is 1.97 bits per heavy atom. The van der Waals surface area contributed by atoms with Crippen molar-refractivity contribution in [3.8, 4) is 49.1 Å². The molecule has 6 atom stereocenters. The lowest BCUT2D eigenvalue weighted by molar-refractivity contribution is -0.134. The zero-order valence-electron chi connectivity index (χ0n) is 47.5. The number of carbonyl (C=O) groups is 8. The van der Waals surface area contributed by atoms with Gasteiger partial charge in [-0.3, -0.25) is 33.6 Å². The lowest BCUT2D eigenvalue weighted by Crippen LogP contribution is -2.49. The number of rotatable bonds is 14. The first-order chi connectivity index (χ1) is 43.1. The van der Waals surface area contributed by atoms with Gasteiger partial charge in [0.25, 0.3) is 29.5 Å². The van der Waals surface area contributed by atoms with E-state index in [4.69, 9.17) is 30.8 Å². The highest BCUT2D eigenvalue weighted by atomic mass is 32.1. The summed E-state index contributed by atoms with van der Waals surface area (Å²) in [6, 6.07) is 13.7. The van der Waals surface area contributed by atoms with E-state index in [2.05, 4.69) is 54.7 Å². The number of carboxylic acid groups (broad SMARTS) is 1. The molecule has 460 valence electrons. The van der Waals surface area contributed by atoms with Crippen LogP contribution in [-0.4, -0.2) is 104 Å². The number of fused-ring (bicyclic) bond motifs is 14. The monoisotopic (exact) mass is 1320 g/mol. The van der Waals surface area contributed by atoms with Gasteiger partial charge >= 0.3 is 5.97 Å². The van der Waals surface area contributed by atoms with Crippen LogP contribution in [0.25, 0.3) is 43.4 Å². The largest absolute Gasteiger partial charge is 0.508 e. The highest BCUT2D eigenvalue weighted by molar-refractivity contribution is 7.15. The minimum absolute atomic E-state index is 0.00140. The molecule has 0 unspecified atom stereocenters. The SMILES string of the molecule is C=C(NC(=O)C(=C)NC(=O)c1csc(-c2ccc3c(n2)-c2csc(n2)-c2csc(n2)[C@H]([C@@H](C)CC)NC(=O)[C@H](Cc2ccc(O)cc2)NC(=O)c2csc(n2)[C@H]([C@H](O)c2ccccc2)NC(=O)c2nc(sc2C)[C@H](CC(N)=O)NC(=O)c2csc-3n2)n1)C(=O)O. The minimum atomic E-state index is -1.48. The average molecular weight is 1330 g/mol. The number of phenolic OH excluding ortho intramolecular Hbond substituents is 1. The van der Waals surface area contributed by atoms with Crippen molar-refractivity contribution in [3.63, 3.8) is 0 Å². The molecule has 25 nitrogen and oxygen atoms in total. The van der Waals surface area contributed by atoms with Crippen LogP contribution in [0.15, 0.2) is 118 Å². The van der Waals surface area contributed by atoms with Crippen molar-refractivity contribution in [3.05, 3.63) is 172 Å². The van der Waals surface area contributed by atoms with Crippen LogP contribution in [0.3, 0.4) is 0 Å². The van der Waals surface area contributed by atoms with E-state index in [1.165, 1.54) is 50.9 Å². The standard InChI is InChI=1S/C59H52N14O11S6/c1-6-25(2)42-57-70-40(24-89-57)55-66-36(20-86-55)44-32(16-17-33(63-44)54-68-37(22-87-54)49(79)61-26(3)47(77)62-27(4)59(83)84)53-67-38(21-85-53)51(81)65-35(19-41(60)75)56-73-43(28(5)90-56)52(82)72-45(46(76)30-10-8-7-9-11-30)58-69-39(23-88-58)50(80)64-34(48(78)71-42)18-29-12-14-31(74)15-13-29/h7-17,20-25,34-35,42,45-46,74,76H,3-4,6,18-19H2,1-2,5H3,(H2,60,75)(H,61,79)(H,62,77)(H,64,80)(H,65,81)(H,71,78)(H,72,82)(H,83,84)/t25-,34-,35-,42-,45-,46+/m0/s1. The van der Waals surface area contributed by atoms with Gasteiger partial charge in [0, 0.05) is 43.8 Å². The number of carboxylic acids is 1. The summed E-state index contributed by atoms with van der Waals surface area (Å²) in [6.07, 6.45) is -1.25. The molecular formula is C59H52N14O11S6. The van der Waals surface area contributed by atoms with Gasteiger partial charge in [-0.05, 0) is 48.2 Å². The van der Waals surface area contributed by atoms with Crippen LogP contribution in [0, 0.1) is 12.8 Å². The van der Waals surface area contributed by atoms with Crippen LogP contribution in [0.5, 0.6) is 5.75 Å². The molecule has 0 spiro atoms. The summed E-state index contributed by atoms with van der Waals surface area (Å²) in [6.45, 7) is 12.3. The van der Waals surface area contributed by atoms with Gasteiger partial charge in [0.2, 0.25) is 11.8 Å². The number of amides is 7. The van der Waals surface area contributed by atoms with Crippen molar-refractivity contribution in [2.75, 3.05) is 0 Å². The Morgan fingerprint density at radius 1 is 0.633 bits per heavy atom. The second kappa shape index (κ2) is 27.4. The fourth-order valence-corrected chi connectivity index (χ4v) is 14.3. The quantitative estimate of drug-likeness (QED) is 0.0469. The van der Waals surface area contributed by atoms with Gasteiger partial charge < -0.3 is 53.0 Å². The predicted octanol–water partition coefficient (Wildman–Crippen LogP) is 7.57. The molecule has 31 heteroatoms. The summed E-state index contributed by atoms with van der Waals surface area (Å²) >= 11 is 6.70. The number of nitrogens with one attached hydrogen (secondary N) is 6. The highest BCUT2D eigenvalue weighted by Gasteiger charge is 2.34. The first-order valence-corrected chi connectivity index (χ1v) is 32.4. The summed E-state index contributed by atoms with van der Waals surface area (Å²) in [5, 5.41) is 57.0. The van der Waals surface area contributed by atoms with Crippen LogP contribution < -0.4 is 37.6 Å². The third-order valence-electron chi connectivity index (χ3n) is 13.9. The molecule has 1 aliphatic rings. The lowest BCUT2D eigenvalue weighted by Gasteiger charge is -2.26. The number of pyridine rings is 1. The molecule has 0 saturated heterocycles. The number of primary amides is 1. The second-order valence-corrected chi connectivity index (χ2v) is 25.8. The third-order valence-corrected chi connectivity index (χ3v) is 19.5. The molecule has 7 aromatic heterocycles. The number of aliphatic hydroxyl groups is 1. The van der Waals surface area contributed by atoms with Crippen LogP contribution in [-0.2, 0) is 25.6 Å². The third kappa shape index (κ3) is 14.4. The number of hydrogen-bond donors (Lipinski definition) is 10. The number of aliphatic carboxylic acids is 1. The number of phenols is 1. The van der Waals surface area contributed by atoms with Gasteiger partial charge in [0.05, 0.1) is 29.9 Å². The Hall–Kier alpha value is -9.63. The fourth-order valence-electron chi connectivity index (χ4n) is 9.02. The topological polar surface area (TPSA) is 386 Å².